The van der Waals surface area contributed by atoms with Crippen molar-refractivity contribution in [3.8, 4) is 0 Å². The lowest BCUT2D eigenvalue weighted by Crippen LogP contribution is -2.19. The summed E-state index contributed by atoms with van der Waals surface area (Å²) in [6.45, 7) is 2.20. The highest BCUT2D eigenvalue weighted by Gasteiger charge is 2.69. The average molecular weight is 143 g/mol. The first kappa shape index (κ1) is 6.58. The molecule has 0 radical (unpaired) electrons. The zero-order valence-corrected chi connectivity index (χ0v) is 5.93. The molecule has 0 bridgehead atoms. The zero-order chi connectivity index (χ0) is 7.24. The highest BCUT2D eigenvalue weighted by Crippen LogP contribution is 2.65. The van der Waals surface area contributed by atoms with E-state index in [0.717, 1.165) is 19.5 Å². The summed E-state index contributed by atoms with van der Waals surface area (Å²) in [5.74, 6) is 0. The molecule has 0 aromatic heterocycles. The summed E-state index contributed by atoms with van der Waals surface area (Å²) in [6.07, 6.45) is 1.00. The molecule has 2 rings (SSSR count). The van der Waals surface area contributed by atoms with Gasteiger partial charge in [0.25, 0.3) is 0 Å². The van der Waals surface area contributed by atoms with Gasteiger partial charge in [0, 0.05) is 23.9 Å². The van der Waals surface area contributed by atoms with Crippen LogP contribution in [0.1, 0.15) is 6.42 Å². The summed E-state index contributed by atoms with van der Waals surface area (Å²) in [4.78, 5) is 0. The molecule has 0 aromatic carbocycles. The number of fused-ring (bicyclic) bond motifs is 1. The van der Waals surface area contributed by atoms with Gasteiger partial charge in [0.15, 0.2) is 0 Å². The zero-order valence-electron chi connectivity index (χ0n) is 5.93. The average Bonchev–Trinajstić information content (AvgIpc) is 2.51. The van der Waals surface area contributed by atoms with Crippen LogP contribution in [0.3, 0.4) is 0 Å². The molecule has 1 aliphatic carbocycles. The molecule has 1 heterocycles. The molecule has 1 aliphatic heterocycles. The van der Waals surface area contributed by atoms with E-state index in [2.05, 4.69) is 5.32 Å². The molecule has 2 aliphatic rings. The fourth-order valence-electron chi connectivity index (χ4n) is 2.20. The Labute approximate surface area is 60.1 Å². The van der Waals surface area contributed by atoms with Gasteiger partial charge in [-0.1, -0.05) is 0 Å². The second-order valence-corrected chi connectivity index (χ2v) is 3.66. The number of aliphatic hydroxyl groups is 2. The Kier molecular flexibility index (Phi) is 1.14. The molecule has 2 unspecified atom stereocenters. The van der Waals surface area contributed by atoms with E-state index in [9.17, 15) is 0 Å². The number of hydrogen-bond donors (Lipinski definition) is 3. The van der Waals surface area contributed by atoms with Crippen LogP contribution in [-0.2, 0) is 0 Å². The van der Waals surface area contributed by atoms with Gasteiger partial charge < -0.3 is 15.5 Å². The minimum atomic E-state index is 0.0434. The smallest absolute Gasteiger partial charge is 0.0506 e. The maximum Gasteiger partial charge on any atom is 0.0506 e. The molecule has 2 fully saturated rings. The summed E-state index contributed by atoms with van der Waals surface area (Å²) in [6, 6.07) is 0. The van der Waals surface area contributed by atoms with Crippen molar-refractivity contribution in [2.24, 2.45) is 10.8 Å². The maximum absolute atomic E-state index is 9.01. The van der Waals surface area contributed by atoms with Crippen molar-refractivity contribution in [3.63, 3.8) is 0 Å². The van der Waals surface area contributed by atoms with Crippen LogP contribution in [0.25, 0.3) is 0 Å². The Morgan fingerprint density at radius 3 is 1.90 bits per heavy atom. The third-order valence-corrected chi connectivity index (χ3v) is 3.21. The van der Waals surface area contributed by atoms with E-state index in [1.54, 1.807) is 0 Å². The van der Waals surface area contributed by atoms with E-state index in [1.165, 1.54) is 0 Å². The number of piperidine rings is 1. The molecule has 0 aromatic rings. The van der Waals surface area contributed by atoms with Gasteiger partial charge in [-0.05, 0) is 6.42 Å². The lowest BCUT2D eigenvalue weighted by molar-refractivity contribution is 0.152. The van der Waals surface area contributed by atoms with Gasteiger partial charge in [0.05, 0.1) is 13.2 Å². The first-order chi connectivity index (χ1) is 4.79. The Balaban J connectivity index is 2.15. The molecule has 1 saturated heterocycles. The second kappa shape index (κ2) is 1.72. The second-order valence-electron chi connectivity index (χ2n) is 3.66. The Bertz CT molecular complexity index is 146. The van der Waals surface area contributed by atoms with Gasteiger partial charge in [-0.2, -0.15) is 0 Å². The minimum absolute atomic E-state index is 0.0434. The Hall–Kier alpha value is -0.120. The van der Waals surface area contributed by atoms with E-state index < -0.39 is 0 Å². The molecule has 3 N–H and O–H groups in total. The molecule has 10 heavy (non-hydrogen) atoms. The van der Waals surface area contributed by atoms with Crippen molar-refractivity contribution in [1.29, 1.82) is 0 Å². The number of aliphatic hydroxyl groups excluding tert-OH is 2. The molecule has 58 valence electrons. The van der Waals surface area contributed by atoms with Crippen molar-refractivity contribution in [2.45, 2.75) is 6.42 Å². The topological polar surface area (TPSA) is 52.5 Å². The molecule has 3 nitrogen and oxygen atoms in total. The predicted molar refractivity (Wildman–Crippen MR) is 36.5 cm³/mol. The summed E-state index contributed by atoms with van der Waals surface area (Å²) in [5.41, 5.74) is 0.0868. The normalized spacial score (nSPS) is 51.0. The van der Waals surface area contributed by atoms with Gasteiger partial charge in [-0.25, -0.2) is 0 Å². The number of hydrogen-bond acceptors (Lipinski definition) is 3. The lowest BCUT2D eigenvalue weighted by atomic mass is 9.98. The van der Waals surface area contributed by atoms with Crippen LogP contribution in [0.5, 0.6) is 0 Å². The van der Waals surface area contributed by atoms with Crippen molar-refractivity contribution in [2.75, 3.05) is 26.3 Å². The van der Waals surface area contributed by atoms with E-state index in [1.807, 2.05) is 0 Å². The van der Waals surface area contributed by atoms with Crippen molar-refractivity contribution >= 4 is 0 Å². The van der Waals surface area contributed by atoms with Gasteiger partial charge in [0.1, 0.15) is 0 Å². The molecule has 2 atom stereocenters. The summed E-state index contributed by atoms with van der Waals surface area (Å²) in [5, 5.41) is 21.2. The SMILES string of the molecule is OCC12CNCC1(CO)C2. The molecular formula is C7H13NO2. The Morgan fingerprint density at radius 1 is 1.10 bits per heavy atom. The summed E-state index contributed by atoms with van der Waals surface area (Å²) in [7, 11) is 0. The van der Waals surface area contributed by atoms with Gasteiger partial charge in [-0.3, -0.25) is 0 Å². The Morgan fingerprint density at radius 2 is 1.60 bits per heavy atom. The van der Waals surface area contributed by atoms with Crippen LogP contribution in [0.2, 0.25) is 0 Å². The van der Waals surface area contributed by atoms with E-state index in [4.69, 9.17) is 10.2 Å². The third-order valence-electron chi connectivity index (χ3n) is 3.21. The van der Waals surface area contributed by atoms with Crippen LogP contribution in [0.4, 0.5) is 0 Å². The number of rotatable bonds is 2. The largest absolute Gasteiger partial charge is 0.396 e. The van der Waals surface area contributed by atoms with Gasteiger partial charge in [0.2, 0.25) is 0 Å². The summed E-state index contributed by atoms with van der Waals surface area (Å²) < 4.78 is 0. The van der Waals surface area contributed by atoms with Crippen molar-refractivity contribution in [1.82, 2.24) is 5.32 Å². The maximum atomic E-state index is 9.01. The third kappa shape index (κ3) is 0.516. The van der Waals surface area contributed by atoms with Crippen LogP contribution < -0.4 is 5.32 Å². The highest BCUT2D eigenvalue weighted by atomic mass is 16.3. The van der Waals surface area contributed by atoms with Crippen LogP contribution in [0.15, 0.2) is 0 Å². The van der Waals surface area contributed by atoms with E-state index in [-0.39, 0.29) is 24.0 Å². The predicted octanol–water partition coefficient (Wildman–Crippen LogP) is -1.05. The lowest BCUT2D eigenvalue weighted by Gasteiger charge is -2.10. The monoisotopic (exact) mass is 143 g/mol. The standard InChI is InChI=1S/C7H13NO2/c9-4-6-1-7(6,5-10)3-8-2-6/h8-10H,1-5H2. The molecule has 1 saturated carbocycles. The number of nitrogens with one attached hydrogen (secondary N) is 1. The summed E-state index contributed by atoms with van der Waals surface area (Å²) >= 11 is 0. The van der Waals surface area contributed by atoms with E-state index in [0.29, 0.717) is 0 Å². The highest BCUT2D eigenvalue weighted by molar-refractivity contribution is 5.20. The van der Waals surface area contributed by atoms with Gasteiger partial charge in [-0.15, -0.1) is 0 Å². The molecule has 0 spiro atoms. The fourth-order valence-corrected chi connectivity index (χ4v) is 2.20. The quantitative estimate of drug-likeness (QED) is 0.462. The first-order valence-corrected chi connectivity index (χ1v) is 3.71. The van der Waals surface area contributed by atoms with Crippen LogP contribution in [-0.4, -0.2) is 36.5 Å². The van der Waals surface area contributed by atoms with Crippen LogP contribution in [0, 0.1) is 10.8 Å². The van der Waals surface area contributed by atoms with Crippen molar-refractivity contribution < 1.29 is 10.2 Å². The molecule has 3 heteroatoms. The molecule has 0 amide bonds. The minimum Gasteiger partial charge on any atom is -0.396 e. The van der Waals surface area contributed by atoms with E-state index >= 15 is 0 Å². The van der Waals surface area contributed by atoms with Gasteiger partial charge >= 0.3 is 0 Å². The van der Waals surface area contributed by atoms with Crippen molar-refractivity contribution in [3.05, 3.63) is 0 Å². The fraction of sp³-hybridized carbons (Fsp3) is 1.00. The first-order valence-electron chi connectivity index (χ1n) is 3.71. The molecular weight excluding hydrogens is 130 g/mol. The van der Waals surface area contributed by atoms with Crippen LogP contribution >= 0.6 is 0 Å².